The molecule has 0 bridgehead atoms. The molecule has 1 aromatic rings. The molecule has 0 spiro atoms. The summed E-state index contributed by atoms with van der Waals surface area (Å²) < 4.78 is 1.91. The molecule has 1 heterocycles. The van der Waals surface area contributed by atoms with Crippen molar-refractivity contribution in [1.82, 2.24) is 20.0 Å². The number of nitrogens with one attached hydrogen (secondary N) is 1. The van der Waals surface area contributed by atoms with Crippen LogP contribution in [0, 0.1) is 0 Å². The van der Waals surface area contributed by atoms with Crippen LogP contribution in [-0.2, 0) is 20.0 Å². The fourth-order valence-corrected chi connectivity index (χ4v) is 2.43. The topological polar surface area (TPSA) is 33.1 Å². The van der Waals surface area contributed by atoms with Gasteiger partial charge in [0.2, 0.25) is 0 Å². The van der Waals surface area contributed by atoms with Gasteiger partial charge in [-0.25, -0.2) is 0 Å². The first-order valence-electron chi connectivity index (χ1n) is 7.05. The minimum atomic E-state index is 0.610. The minimum absolute atomic E-state index is 0.610. The fraction of sp³-hybridized carbons (Fsp3) is 0.786. The van der Waals surface area contributed by atoms with Crippen LogP contribution in [0.3, 0.4) is 0 Å². The van der Waals surface area contributed by atoms with E-state index in [-0.39, 0.29) is 0 Å². The van der Waals surface area contributed by atoms with Crippen LogP contribution in [0.25, 0.3) is 0 Å². The van der Waals surface area contributed by atoms with Crippen LogP contribution in [0.2, 0.25) is 0 Å². The minimum Gasteiger partial charge on any atom is -0.311 e. The first-order valence-corrected chi connectivity index (χ1v) is 7.05. The zero-order valence-electron chi connectivity index (χ0n) is 12.1. The summed E-state index contributed by atoms with van der Waals surface area (Å²) in [7, 11) is 4.23. The average Bonchev–Trinajstić information content (AvgIpc) is 3.13. The van der Waals surface area contributed by atoms with Crippen molar-refractivity contribution in [2.24, 2.45) is 7.05 Å². The van der Waals surface area contributed by atoms with E-state index in [0.717, 1.165) is 25.6 Å². The second kappa shape index (κ2) is 5.85. The van der Waals surface area contributed by atoms with Gasteiger partial charge in [-0.05, 0) is 33.2 Å². The molecule has 0 aliphatic heterocycles. The van der Waals surface area contributed by atoms with Gasteiger partial charge in [-0.15, -0.1) is 0 Å². The Morgan fingerprint density at radius 2 is 2.28 bits per heavy atom. The Bertz CT molecular complexity index is 381. The molecule has 18 heavy (non-hydrogen) atoms. The summed E-state index contributed by atoms with van der Waals surface area (Å²) >= 11 is 0. The Morgan fingerprint density at radius 3 is 2.89 bits per heavy atom. The highest BCUT2D eigenvalue weighted by atomic mass is 15.3. The molecule has 1 saturated carbocycles. The molecule has 1 N–H and O–H groups in total. The Morgan fingerprint density at radius 1 is 1.56 bits per heavy atom. The third-order valence-electron chi connectivity index (χ3n) is 3.90. The highest BCUT2D eigenvalue weighted by Gasteiger charge is 2.28. The normalized spacial score (nSPS) is 17.4. The summed E-state index contributed by atoms with van der Waals surface area (Å²) in [5, 5.41) is 8.02. The highest BCUT2D eigenvalue weighted by Crippen LogP contribution is 2.26. The van der Waals surface area contributed by atoms with E-state index >= 15 is 0 Å². The van der Waals surface area contributed by atoms with Crippen molar-refractivity contribution in [3.05, 3.63) is 17.5 Å². The third kappa shape index (κ3) is 3.33. The molecule has 1 aliphatic carbocycles. The molecule has 0 saturated heterocycles. The molecule has 1 atom stereocenters. The predicted molar refractivity (Wildman–Crippen MR) is 74.5 cm³/mol. The van der Waals surface area contributed by atoms with Crippen molar-refractivity contribution in [2.75, 3.05) is 13.6 Å². The number of hydrogen-bond acceptors (Lipinski definition) is 3. The molecular formula is C14H26N4. The van der Waals surface area contributed by atoms with E-state index in [2.05, 4.69) is 42.4 Å². The van der Waals surface area contributed by atoms with Gasteiger partial charge in [0.05, 0.1) is 5.69 Å². The molecule has 1 unspecified atom stereocenters. The number of aryl methyl sites for hydroxylation is 2. The Kier molecular flexibility index (Phi) is 4.40. The molecule has 2 rings (SSSR count). The summed E-state index contributed by atoms with van der Waals surface area (Å²) in [6.07, 6.45) is 5.89. The van der Waals surface area contributed by atoms with Crippen LogP contribution in [0.5, 0.6) is 0 Å². The first kappa shape index (κ1) is 13.6. The Hall–Kier alpha value is -0.870. The molecule has 102 valence electrons. The van der Waals surface area contributed by atoms with Crippen molar-refractivity contribution in [3.63, 3.8) is 0 Å². The molecule has 4 heteroatoms. The van der Waals surface area contributed by atoms with Gasteiger partial charge >= 0.3 is 0 Å². The van der Waals surface area contributed by atoms with Crippen LogP contribution < -0.4 is 5.32 Å². The zero-order chi connectivity index (χ0) is 13.1. The van der Waals surface area contributed by atoms with E-state index in [0.29, 0.717) is 6.04 Å². The van der Waals surface area contributed by atoms with E-state index < -0.39 is 0 Å². The standard InChI is InChI=1S/C14H26N4/c1-5-14-12(10-17(3)16-14)9-15-8-11(2)18(4)13-6-7-13/h10-11,13,15H,5-9H2,1-4H3. The largest absolute Gasteiger partial charge is 0.311 e. The van der Waals surface area contributed by atoms with Crippen molar-refractivity contribution in [2.45, 2.75) is 51.7 Å². The van der Waals surface area contributed by atoms with Gasteiger partial charge in [0.15, 0.2) is 0 Å². The van der Waals surface area contributed by atoms with Crippen LogP contribution in [0.1, 0.15) is 37.9 Å². The quantitative estimate of drug-likeness (QED) is 0.797. The second-order valence-electron chi connectivity index (χ2n) is 5.50. The summed E-state index contributed by atoms with van der Waals surface area (Å²) in [6, 6.07) is 1.45. The lowest BCUT2D eigenvalue weighted by molar-refractivity contribution is 0.241. The van der Waals surface area contributed by atoms with Crippen molar-refractivity contribution in [1.29, 1.82) is 0 Å². The molecule has 0 radical (unpaired) electrons. The molecule has 1 aromatic heterocycles. The number of aromatic nitrogens is 2. The van der Waals surface area contributed by atoms with E-state index in [9.17, 15) is 0 Å². The maximum Gasteiger partial charge on any atom is 0.0666 e. The van der Waals surface area contributed by atoms with E-state index in [4.69, 9.17) is 0 Å². The van der Waals surface area contributed by atoms with Crippen molar-refractivity contribution >= 4 is 0 Å². The van der Waals surface area contributed by atoms with Gasteiger partial charge in [0.25, 0.3) is 0 Å². The lowest BCUT2D eigenvalue weighted by atomic mass is 10.2. The number of nitrogens with zero attached hydrogens (tertiary/aromatic N) is 3. The van der Waals surface area contributed by atoms with Crippen molar-refractivity contribution in [3.8, 4) is 0 Å². The third-order valence-corrected chi connectivity index (χ3v) is 3.90. The molecule has 0 aromatic carbocycles. The van der Waals surface area contributed by atoms with Gasteiger partial charge in [0, 0.05) is 44.0 Å². The summed E-state index contributed by atoms with van der Waals surface area (Å²) in [6.45, 7) is 6.44. The Balaban J connectivity index is 1.76. The van der Waals surface area contributed by atoms with Gasteiger partial charge in [-0.3, -0.25) is 9.58 Å². The zero-order valence-corrected chi connectivity index (χ0v) is 12.1. The van der Waals surface area contributed by atoms with Crippen LogP contribution >= 0.6 is 0 Å². The average molecular weight is 250 g/mol. The molecule has 1 aliphatic rings. The van der Waals surface area contributed by atoms with Gasteiger partial charge in [-0.1, -0.05) is 6.92 Å². The molecular weight excluding hydrogens is 224 g/mol. The Labute approximate surface area is 110 Å². The summed E-state index contributed by atoms with van der Waals surface area (Å²) in [5.74, 6) is 0. The number of likely N-dealkylation sites (N-methyl/N-ethyl adjacent to an activating group) is 1. The number of hydrogen-bond donors (Lipinski definition) is 1. The SMILES string of the molecule is CCc1nn(C)cc1CNCC(C)N(C)C1CC1. The molecule has 1 fully saturated rings. The molecule has 4 nitrogen and oxygen atoms in total. The van der Waals surface area contributed by atoms with Crippen LogP contribution in [0.4, 0.5) is 0 Å². The first-order chi connectivity index (χ1) is 8.61. The lowest BCUT2D eigenvalue weighted by Gasteiger charge is -2.24. The van der Waals surface area contributed by atoms with Crippen LogP contribution in [-0.4, -0.2) is 40.4 Å². The summed E-state index contributed by atoms with van der Waals surface area (Å²) in [5.41, 5.74) is 2.55. The van der Waals surface area contributed by atoms with E-state index in [1.807, 2.05) is 11.7 Å². The van der Waals surface area contributed by atoms with E-state index in [1.165, 1.54) is 24.1 Å². The molecule has 0 amide bonds. The van der Waals surface area contributed by atoms with Crippen molar-refractivity contribution < 1.29 is 0 Å². The summed E-state index contributed by atoms with van der Waals surface area (Å²) in [4.78, 5) is 2.50. The lowest BCUT2D eigenvalue weighted by Crippen LogP contribution is -2.39. The second-order valence-corrected chi connectivity index (χ2v) is 5.50. The van der Waals surface area contributed by atoms with Gasteiger partial charge in [-0.2, -0.15) is 5.10 Å². The highest BCUT2D eigenvalue weighted by molar-refractivity contribution is 5.16. The monoisotopic (exact) mass is 250 g/mol. The van der Waals surface area contributed by atoms with Crippen LogP contribution in [0.15, 0.2) is 6.20 Å². The maximum absolute atomic E-state index is 4.47. The van der Waals surface area contributed by atoms with E-state index in [1.54, 1.807) is 0 Å². The smallest absolute Gasteiger partial charge is 0.0666 e. The van der Waals surface area contributed by atoms with Gasteiger partial charge < -0.3 is 5.32 Å². The fourth-order valence-electron chi connectivity index (χ4n) is 2.43. The predicted octanol–water partition coefficient (Wildman–Crippen LogP) is 1.55. The number of rotatable bonds is 7. The maximum atomic E-state index is 4.47. The van der Waals surface area contributed by atoms with Gasteiger partial charge in [0.1, 0.15) is 0 Å².